The quantitative estimate of drug-likeness (QED) is 0.499. The lowest BCUT2D eigenvalue weighted by atomic mass is 10.0. The fourth-order valence-corrected chi connectivity index (χ4v) is 3.84. The first-order valence-electron chi connectivity index (χ1n) is 10.9. The zero-order valence-corrected chi connectivity index (χ0v) is 19.0. The highest BCUT2D eigenvalue weighted by atomic mass is 16.5. The van der Waals surface area contributed by atoms with Gasteiger partial charge in [-0.05, 0) is 56.7 Å². The van der Waals surface area contributed by atoms with Crippen LogP contribution in [0.2, 0.25) is 0 Å². The molecule has 0 fully saturated rings. The van der Waals surface area contributed by atoms with Gasteiger partial charge in [-0.2, -0.15) is 10.8 Å². The Kier molecular flexibility index (Phi) is 5.12. The van der Waals surface area contributed by atoms with Crippen molar-refractivity contribution >= 4 is 12.1 Å². The van der Waals surface area contributed by atoms with E-state index in [-0.39, 0.29) is 10.2 Å². The number of fused-ring (bicyclic) bond motifs is 1. The third-order valence-electron chi connectivity index (χ3n) is 5.46. The van der Waals surface area contributed by atoms with Gasteiger partial charge in [0.2, 0.25) is 5.70 Å². The molecule has 1 unspecified atom stereocenters. The number of allylic oxidation sites excluding steroid dienone is 4. The van der Waals surface area contributed by atoms with E-state index in [0.717, 1.165) is 45.4 Å². The molecule has 3 aliphatic rings. The van der Waals surface area contributed by atoms with Crippen LogP contribution in [-0.2, 0) is 6.61 Å². The smallest absolute Gasteiger partial charge is 0.265 e. The molecule has 2 heterocycles. The second kappa shape index (κ2) is 7.99. The van der Waals surface area contributed by atoms with Crippen molar-refractivity contribution in [2.24, 2.45) is 15.8 Å². The van der Waals surface area contributed by atoms with Crippen LogP contribution in [0.15, 0.2) is 106 Å². The summed E-state index contributed by atoms with van der Waals surface area (Å²) in [6, 6.07) is 15.9. The topological polar surface area (TPSA) is 69.2 Å². The van der Waals surface area contributed by atoms with E-state index in [2.05, 4.69) is 4.99 Å². The molecule has 0 spiro atoms. The van der Waals surface area contributed by atoms with Crippen molar-refractivity contribution in [3.8, 4) is 11.5 Å². The Balaban J connectivity index is 1.34. The molecule has 1 aliphatic carbocycles. The minimum atomic E-state index is -0.223. The zero-order valence-electron chi connectivity index (χ0n) is 19.0. The Morgan fingerprint density at radius 3 is 2.52 bits per heavy atom. The maximum absolute atomic E-state index is 6.79. The lowest BCUT2D eigenvalue weighted by molar-refractivity contribution is -0.750. The van der Waals surface area contributed by atoms with Crippen LogP contribution in [0.3, 0.4) is 0 Å². The summed E-state index contributed by atoms with van der Waals surface area (Å²) < 4.78 is 12.0. The summed E-state index contributed by atoms with van der Waals surface area (Å²) in [6.45, 7) is 6.56. The summed E-state index contributed by atoms with van der Waals surface area (Å²) in [5.74, 6) is 9.12. The predicted molar refractivity (Wildman–Crippen MR) is 130 cm³/mol. The lowest BCUT2D eigenvalue weighted by Gasteiger charge is -2.26. The van der Waals surface area contributed by atoms with Crippen LogP contribution in [0, 0.1) is 0 Å². The largest absolute Gasteiger partial charge is 0.489 e. The SMILES string of the molecule is CC(C)(C)Oc1ccc(COc2cccc(C3=NC(C4=CC=C4)=C4C=NC=C[N+]34N)c2)cc1. The van der Waals surface area contributed by atoms with Gasteiger partial charge in [0, 0.05) is 5.57 Å². The summed E-state index contributed by atoms with van der Waals surface area (Å²) in [5, 5.41) is 0. The average Bonchev–Trinajstić information content (AvgIpc) is 3.04. The van der Waals surface area contributed by atoms with Crippen LogP contribution < -0.4 is 15.3 Å². The van der Waals surface area contributed by atoms with Crippen molar-refractivity contribution in [3.05, 3.63) is 107 Å². The first-order chi connectivity index (χ1) is 15.8. The van der Waals surface area contributed by atoms with Crippen LogP contribution in [0.1, 0.15) is 31.9 Å². The Morgan fingerprint density at radius 2 is 1.82 bits per heavy atom. The number of ether oxygens (including phenoxy) is 2. The van der Waals surface area contributed by atoms with Crippen LogP contribution >= 0.6 is 0 Å². The van der Waals surface area contributed by atoms with Gasteiger partial charge >= 0.3 is 0 Å². The molecule has 6 heteroatoms. The molecule has 33 heavy (non-hydrogen) atoms. The van der Waals surface area contributed by atoms with E-state index in [1.165, 1.54) is 0 Å². The maximum atomic E-state index is 6.79. The number of nitrogens with two attached hydrogens (primary N) is 1. The molecule has 0 bridgehead atoms. The van der Waals surface area contributed by atoms with Crippen molar-refractivity contribution in [2.75, 3.05) is 0 Å². The van der Waals surface area contributed by atoms with Crippen molar-refractivity contribution in [3.63, 3.8) is 0 Å². The molecule has 0 saturated carbocycles. The minimum absolute atomic E-state index is 0.0112. The molecule has 166 valence electrons. The van der Waals surface area contributed by atoms with Crippen molar-refractivity contribution < 1.29 is 14.1 Å². The zero-order chi connectivity index (χ0) is 23.1. The number of benzene rings is 2. The third kappa shape index (κ3) is 4.18. The first-order valence-corrected chi connectivity index (χ1v) is 10.9. The Labute approximate surface area is 193 Å². The van der Waals surface area contributed by atoms with Gasteiger partial charge < -0.3 is 9.47 Å². The van der Waals surface area contributed by atoms with Crippen LogP contribution in [-0.4, -0.2) is 22.2 Å². The van der Waals surface area contributed by atoms with Crippen LogP contribution in [0.4, 0.5) is 0 Å². The van der Waals surface area contributed by atoms with E-state index in [1.807, 2.05) is 93.7 Å². The Bertz CT molecular complexity index is 1270. The molecule has 2 aliphatic heterocycles. The molecule has 0 aromatic heterocycles. The van der Waals surface area contributed by atoms with Crippen LogP contribution in [0.5, 0.6) is 11.5 Å². The van der Waals surface area contributed by atoms with E-state index in [1.54, 1.807) is 12.4 Å². The monoisotopic (exact) mass is 439 g/mol. The standard InChI is InChI=1S/C27H27N4O2/c1-27(2,3)33-22-12-10-19(11-13-22)18-32-23-9-5-8-21(16-23)26-30-25(20-6-4-7-20)24-17-29-14-15-31(24,26)28/h4-17H,18,28H2,1-3H3/q+1. The molecule has 0 amide bonds. The van der Waals surface area contributed by atoms with Crippen LogP contribution in [0.25, 0.3) is 0 Å². The summed E-state index contributed by atoms with van der Waals surface area (Å²) in [7, 11) is 0. The van der Waals surface area contributed by atoms with Gasteiger partial charge in [-0.25, -0.2) is 0 Å². The summed E-state index contributed by atoms with van der Waals surface area (Å²) >= 11 is 0. The third-order valence-corrected chi connectivity index (χ3v) is 5.46. The van der Waals surface area contributed by atoms with E-state index in [4.69, 9.17) is 20.3 Å². The van der Waals surface area contributed by atoms with Gasteiger partial charge in [0.1, 0.15) is 35.6 Å². The predicted octanol–water partition coefficient (Wildman–Crippen LogP) is 5.16. The number of rotatable bonds is 6. The molecule has 2 aromatic rings. The molecule has 0 radical (unpaired) electrons. The van der Waals surface area contributed by atoms with Gasteiger partial charge in [-0.1, -0.05) is 36.4 Å². The first kappa shape index (κ1) is 21.1. The van der Waals surface area contributed by atoms with Crippen molar-refractivity contribution in [1.82, 2.24) is 0 Å². The normalized spacial score (nSPS) is 20.8. The number of nitrogens with zero attached hydrogens (tertiary/aromatic N) is 3. The summed E-state index contributed by atoms with van der Waals surface area (Å²) in [5.41, 5.74) is 4.51. The van der Waals surface area contributed by atoms with E-state index in [0.29, 0.717) is 6.61 Å². The second-order valence-corrected chi connectivity index (χ2v) is 9.18. The van der Waals surface area contributed by atoms with E-state index >= 15 is 0 Å². The molecular formula is C27H27N4O2+. The molecule has 2 aromatic carbocycles. The second-order valence-electron chi connectivity index (χ2n) is 9.18. The van der Waals surface area contributed by atoms with E-state index < -0.39 is 0 Å². The molecular weight excluding hydrogens is 412 g/mol. The van der Waals surface area contributed by atoms with E-state index in [9.17, 15) is 0 Å². The summed E-state index contributed by atoms with van der Waals surface area (Å²) in [6.07, 6.45) is 11.4. The average molecular weight is 440 g/mol. The molecule has 5 rings (SSSR count). The van der Waals surface area contributed by atoms with Gasteiger partial charge in [0.05, 0.1) is 18.0 Å². The number of hydrogen-bond acceptors (Lipinski definition) is 5. The van der Waals surface area contributed by atoms with Gasteiger partial charge in [0.15, 0.2) is 0 Å². The maximum Gasteiger partial charge on any atom is 0.265 e. The van der Waals surface area contributed by atoms with Crippen molar-refractivity contribution in [2.45, 2.75) is 33.0 Å². The molecule has 0 saturated heterocycles. The highest BCUT2D eigenvalue weighted by molar-refractivity contribution is 6.01. The summed E-state index contributed by atoms with van der Waals surface area (Å²) in [4.78, 5) is 9.18. The highest BCUT2D eigenvalue weighted by Gasteiger charge is 2.44. The fourth-order valence-electron chi connectivity index (χ4n) is 3.84. The number of hydrogen-bond donors (Lipinski definition) is 1. The molecule has 2 N–H and O–H groups in total. The Hall–Kier alpha value is -3.74. The Morgan fingerprint density at radius 1 is 1.03 bits per heavy atom. The van der Waals surface area contributed by atoms with Gasteiger partial charge in [0.25, 0.3) is 5.84 Å². The van der Waals surface area contributed by atoms with Crippen molar-refractivity contribution in [1.29, 1.82) is 0 Å². The minimum Gasteiger partial charge on any atom is -0.489 e. The van der Waals surface area contributed by atoms with Gasteiger partial charge in [-0.15, -0.1) is 4.59 Å². The molecule has 6 nitrogen and oxygen atoms in total. The fraction of sp³-hybridized carbons (Fsp3) is 0.185. The lowest BCUT2D eigenvalue weighted by Crippen LogP contribution is -2.53. The number of quaternary nitrogens is 1. The highest BCUT2D eigenvalue weighted by Crippen LogP contribution is 2.36. The number of aliphatic imine (C=N–C) groups is 2. The van der Waals surface area contributed by atoms with Gasteiger partial charge in [-0.3, -0.25) is 4.99 Å². The number of amidine groups is 1. The molecule has 1 atom stereocenters.